The van der Waals surface area contributed by atoms with Gasteiger partial charge in [-0.05, 0) is 26.0 Å². The van der Waals surface area contributed by atoms with E-state index in [1.165, 1.54) is 0 Å². The van der Waals surface area contributed by atoms with Crippen LogP contribution in [0.1, 0.15) is 13.8 Å². The van der Waals surface area contributed by atoms with Crippen LogP contribution >= 0.6 is 12.4 Å². The number of hydrogen-bond acceptors (Lipinski definition) is 4. The van der Waals surface area contributed by atoms with E-state index in [4.69, 9.17) is 9.47 Å². The lowest BCUT2D eigenvalue weighted by Gasteiger charge is -2.31. The summed E-state index contributed by atoms with van der Waals surface area (Å²) in [6.45, 7) is 9.79. The summed E-state index contributed by atoms with van der Waals surface area (Å²) < 4.78 is 11.4. The van der Waals surface area contributed by atoms with E-state index in [0.717, 1.165) is 37.7 Å². The van der Waals surface area contributed by atoms with Crippen molar-refractivity contribution in [3.8, 4) is 11.5 Å². The van der Waals surface area contributed by atoms with Crippen molar-refractivity contribution in [3.63, 3.8) is 0 Å². The Balaban J connectivity index is 0.00000200. The van der Waals surface area contributed by atoms with E-state index in [0.29, 0.717) is 19.3 Å². The monoisotopic (exact) mass is 300 g/mol. The summed E-state index contributed by atoms with van der Waals surface area (Å²) in [4.78, 5) is 2.43. The van der Waals surface area contributed by atoms with Crippen molar-refractivity contribution < 1.29 is 9.47 Å². The molecule has 0 saturated carbocycles. The van der Waals surface area contributed by atoms with Gasteiger partial charge in [0, 0.05) is 32.2 Å². The van der Waals surface area contributed by atoms with Gasteiger partial charge in [-0.1, -0.05) is 12.1 Å². The Labute approximate surface area is 127 Å². The maximum absolute atomic E-state index is 5.84. The van der Waals surface area contributed by atoms with Gasteiger partial charge < -0.3 is 14.8 Å². The van der Waals surface area contributed by atoms with Crippen LogP contribution in [0.4, 0.5) is 0 Å². The summed E-state index contributed by atoms with van der Waals surface area (Å²) in [6.07, 6.45) is 0. The van der Waals surface area contributed by atoms with Crippen LogP contribution in [0.2, 0.25) is 0 Å². The molecule has 1 aliphatic heterocycles. The highest BCUT2D eigenvalue weighted by molar-refractivity contribution is 5.85. The molecule has 114 valence electrons. The van der Waals surface area contributed by atoms with Gasteiger partial charge in [0.2, 0.25) is 0 Å². The Morgan fingerprint density at radius 1 is 1.25 bits per heavy atom. The Morgan fingerprint density at radius 2 is 1.95 bits per heavy atom. The second kappa shape index (κ2) is 9.06. The molecule has 1 aromatic carbocycles. The van der Waals surface area contributed by atoms with Gasteiger partial charge >= 0.3 is 0 Å². The van der Waals surface area contributed by atoms with Gasteiger partial charge in [0.05, 0.1) is 6.61 Å². The second-order valence-electron chi connectivity index (χ2n) is 4.88. The van der Waals surface area contributed by atoms with Crippen molar-refractivity contribution in [3.05, 3.63) is 24.3 Å². The number of halogens is 1. The Morgan fingerprint density at radius 3 is 2.60 bits per heavy atom. The van der Waals surface area contributed by atoms with Crippen LogP contribution in [0, 0.1) is 0 Å². The lowest BCUT2D eigenvalue weighted by atomic mass is 10.2. The number of nitrogens with one attached hydrogen (secondary N) is 1. The molecule has 0 aliphatic carbocycles. The van der Waals surface area contributed by atoms with E-state index in [-0.39, 0.29) is 12.4 Å². The van der Waals surface area contributed by atoms with Crippen molar-refractivity contribution in [2.24, 2.45) is 0 Å². The highest BCUT2D eigenvalue weighted by Crippen LogP contribution is 2.26. The molecule has 0 aromatic heterocycles. The van der Waals surface area contributed by atoms with E-state index >= 15 is 0 Å². The number of benzene rings is 1. The fraction of sp³-hybridized carbons (Fsp3) is 0.600. The number of piperazine rings is 1. The standard InChI is InChI=1S/C15H24N2O2.ClH/c1-3-18-14-6-4-5-7-15(14)19-11-10-17-9-8-16-13(2)12-17;/h4-7,13,16H,3,8-12H2,1-2H3;1H. The summed E-state index contributed by atoms with van der Waals surface area (Å²) in [6, 6.07) is 8.43. The second-order valence-corrected chi connectivity index (χ2v) is 4.88. The third kappa shape index (κ3) is 5.19. The molecule has 1 heterocycles. The molecular formula is C15H25ClN2O2. The van der Waals surface area contributed by atoms with Gasteiger partial charge in [-0.25, -0.2) is 0 Å². The molecule has 1 atom stereocenters. The molecule has 4 nitrogen and oxygen atoms in total. The summed E-state index contributed by atoms with van der Waals surface area (Å²) >= 11 is 0. The maximum atomic E-state index is 5.84. The van der Waals surface area contributed by atoms with Gasteiger partial charge in [-0.3, -0.25) is 4.90 Å². The maximum Gasteiger partial charge on any atom is 0.161 e. The average Bonchev–Trinajstić information content (AvgIpc) is 2.41. The molecule has 0 amide bonds. The molecule has 1 saturated heterocycles. The molecule has 1 aromatic rings. The first-order valence-corrected chi connectivity index (χ1v) is 7.10. The van der Waals surface area contributed by atoms with Gasteiger partial charge in [0.25, 0.3) is 0 Å². The lowest BCUT2D eigenvalue weighted by Crippen LogP contribution is -2.50. The fourth-order valence-electron chi connectivity index (χ4n) is 2.34. The molecule has 1 N–H and O–H groups in total. The third-order valence-electron chi connectivity index (χ3n) is 3.27. The molecule has 1 unspecified atom stereocenters. The number of nitrogens with zero attached hydrogens (tertiary/aromatic N) is 1. The Hall–Kier alpha value is -0.970. The normalized spacial score (nSPS) is 19.2. The predicted molar refractivity (Wildman–Crippen MR) is 84.3 cm³/mol. The molecule has 2 rings (SSSR count). The molecule has 0 bridgehead atoms. The van der Waals surface area contributed by atoms with Gasteiger partial charge in [-0.2, -0.15) is 0 Å². The molecule has 5 heteroatoms. The molecule has 1 fully saturated rings. The fourth-order valence-corrected chi connectivity index (χ4v) is 2.34. The van der Waals surface area contributed by atoms with Gasteiger partial charge in [-0.15, -0.1) is 12.4 Å². The van der Waals surface area contributed by atoms with E-state index in [1.54, 1.807) is 0 Å². The summed E-state index contributed by atoms with van der Waals surface area (Å²) in [7, 11) is 0. The zero-order valence-corrected chi connectivity index (χ0v) is 13.1. The molecule has 20 heavy (non-hydrogen) atoms. The zero-order chi connectivity index (χ0) is 13.5. The Bertz CT molecular complexity index is 390. The minimum Gasteiger partial charge on any atom is -0.490 e. The topological polar surface area (TPSA) is 33.7 Å². The quantitative estimate of drug-likeness (QED) is 0.873. The first-order chi connectivity index (χ1) is 9.29. The van der Waals surface area contributed by atoms with Crippen molar-refractivity contribution in [2.75, 3.05) is 39.4 Å². The van der Waals surface area contributed by atoms with E-state index in [1.807, 2.05) is 31.2 Å². The largest absolute Gasteiger partial charge is 0.490 e. The smallest absolute Gasteiger partial charge is 0.161 e. The number of hydrogen-bond donors (Lipinski definition) is 1. The third-order valence-corrected chi connectivity index (χ3v) is 3.27. The SMILES string of the molecule is CCOc1ccccc1OCCN1CCNC(C)C1.Cl. The predicted octanol–water partition coefficient (Wildman–Crippen LogP) is 2.18. The number of rotatable bonds is 6. The van der Waals surface area contributed by atoms with Crippen molar-refractivity contribution in [2.45, 2.75) is 19.9 Å². The number of ether oxygens (including phenoxy) is 2. The highest BCUT2D eigenvalue weighted by Gasteiger charge is 2.15. The van der Waals surface area contributed by atoms with Crippen molar-refractivity contribution in [1.82, 2.24) is 10.2 Å². The van der Waals surface area contributed by atoms with E-state index < -0.39 is 0 Å². The highest BCUT2D eigenvalue weighted by atomic mass is 35.5. The molecular weight excluding hydrogens is 276 g/mol. The van der Waals surface area contributed by atoms with E-state index in [9.17, 15) is 0 Å². The molecule has 0 spiro atoms. The summed E-state index contributed by atoms with van der Waals surface area (Å²) in [5, 5.41) is 3.44. The Kier molecular flexibility index (Phi) is 7.73. The van der Waals surface area contributed by atoms with E-state index in [2.05, 4.69) is 17.1 Å². The first-order valence-electron chi connectivity index (χ1n) is 7.10. The van der Waals surface area contributed by atoms with Crippen LogP contribution in [0.25, 0.3) is 0 Å². The summed E-state index contributed by atoms with van der Waals surface area (Å²) in [5.41, 5.74) is 0. The van der Waals surface area contributed by atoms with Gasteiger partial charge in [0.1, 0.15) is 6.61 Å². The lowest BCUT2D eigenvalue weighted by molar-refractivity contribution is 0.167. The van der Waals surface area contributed by atoms with Crippen molar-refractivity contribution in [1.29, 1.82) is 0 Å². The van der Waals surface area contributed by atoms with Crippen LogP contribution < -0.4 is 14.8 Å². The van der Waals surface area contributed by atoms with Crippen LogP contribution in [-0.2, 0) is 0 Å². The number of para-hydroxylation sites is 2. The van der Waals surface area contributed by atoms with Crippen molar-refractivity contribution >= 4 is 12.4 Å². The molecule has 0 radical (unpaired) electrons. The minimum atomic E-state index is 0. The molecule has 1 aliphatic rings. The average molecular weight is 301 g/mol. The van der Waals surface area contributed by atoms with Crippen LogP contribution in [0.15, 0.2) is 24.3 Å². The zero-order valence-electron chi connectivity index (χ0n) is 12.3. The van der Waals surface area contributed by atoms with Gasteiger partial charge in [0.15, 0.2) is 11.5 Å². The van der Waals surface area contributed by atoms with Crippen LogP contribution in [0.3, 0.4) is 0 Å². The minimum absolute atomic E-state index is 0. The first kappa shape index (κ1) is 17.1. The van der Waals surface area contributed by atoms with Crippen LogP contribution in [0.5, 0.6) is 11.5 Å². The summed E-state index contributed by atoms with van der Waals surface area (Å²) in [5.74, 6) is 1.67. The van der Waals surface area contributed by atoms with Crippen LogP contribution in [-0.4, -0.2) is 50.3 Å².